The zero-order valence-corrected chi connectivity index (χ0v) is 28.2. The Hall–Kier alpha value is -5.48. The molecule has 4 aromatic rings. The van der Waals surface area contributed by atoms with Crippen LogP contribution in [-0.4, -0.2) is 137 Å². The normalized spacial score (nSPS) is 28.3. The van der Waals surface area contributed by atoms with E-state index in [0.29, 0.717) is 5.56 Å². The van der Waals surface area contributed by atoms with E-state index < -0.39 is 126 Å². The Bertz CT molecular complexity index is 2100. The molecular weight excluding hydrogens is 736 g/mol. The molecule has 0 aliphatic carbocycles. The molecule has 3 heterocycles. The number of rotatable bonds is 10. The molecule has 2 aliphatic rings. The highest BCUT2D eigenvalue weighted by Crippen LogP contribution is 2.40. The third-order valence-corrected chi connectivity index (χ3v) is 8.84. The van der Waals surface area contributed by atoms with Crippen molar-refractivity contribution in [2.45, 2.75) is 61.4 Å². The van der Waals surface area contributed by atoms with E-state index in [1.165, 1.54) is 36.4 Å². The van der Waals surface area contributed by atoms with Gasteiger partial charge in [0, 0.05) is 23.8 Å². The van der Waals surface area contributed by atoms with Gasteiger partial charge in [0.2, 0.25) is 23.8 Å². The molecule has 2 aliphatic heterocycles. The molecule has 10 atom stereocenters. The number of aliphatic hydroxyl groups is 7. The maximum absolute atomic E-state index is 14.0. The van der Waals surface area contributed by atoms with Crippen molar-refractivity contribution < 1.29 is 89.1 Å². The van der Waals surface area contributed by atoms with Crippen LogP contribution in [0.4, 0.5) is 0 Å². The first kappa shape index (κ1) is 39.2. The van der Waals surface area contributed by atoms with Gasteiger partial charge in [-0.15, -0.1) is 0 Å². The molecule has 55 heavy (non-hydrogen) atoms. The number of fused-ring (bicyclic) bond motifs is 1. The van der Waals surface area contributed by atoms with Gasteiger partial charge in [0.05, 0.1) is 6.61 Å². The highest BCUT2D eigenvalue weighted by Gasteiger charge is 2.47. The lowest BCUT2D eigenvalue weighted by Gasteiger charge is -2.39. The number of carbonyl (C=O) groups excluding carboxylic acids is 1. The van der Waals surface area contributed by atoms with E-state index in [1.54, 1.807) is 0 Å². The molecule has 0 radical (unpaired) electrons. The number of phenolic OH excluding ortho intramolecular Hbond substituents is 4. The maximum atomic E-state index is 14.0. The van der Waals surface area contributed by atoms with Gasteiger partial charge in [0.1, 0.15) is 83.7 Å². The summed E-state index contributed by atoms with van der Waals surface area (Å²) >= 11 is 0. The number of hydrogen-bond acceptors (Lipinski definition) is 19. The molecule has 0 saturated carbocycles. The Morgan fingerprint density at radius 3 is 2.00 bits per heavy atom. The minimum atomic E-state index is -2.03. The molecule has 19 nitrogen and oxygen atoms in total. The maximum Gasteiger partial charge on any atom is 0.330 e. The third kappa shape index (κ3) is 8.15. The molecule has 19 heteroatoms. The molecule has 0 bridgehead atoms. The van der Waals surface area contributed by atoms with E-state index >= 15 is 0 Å². The molecule has 0 spiro atoms. The standard InChI is InChI=1S/C36H36O19/c37-12-22-26(43)29(46)31(48)35(53-22)51-17-10-20(41)25-21(11-17)52-33(15-4-7-18(39)19(40)9-15)34(28(25)45)55-36-32(49)30(47)27(44)23(54-36)13-50-24(42)8-3-14-1-5-16(38)6-2-14/h1-11,22-23,26-27,29-32,35-41,43-44,46-49H,12-13H2/t22-,23+,26+,27+,29-,30-,31+,32+,35-,36-/m1/s1. The van der Waals surface area contributed by atoms with Crippen molar-refractivity contribution in [1.29, 1.82) is 0 Å². The smallest absolute Gasteiger partial charge is 0.330 e. The van der Waals surface area contributed by atoms with E-state index in [4.69, 9.17) is 28.1 Å². The van der Waals surface area contributed by atoms with Crippen molar-refractivity contribution in [2.24, 2.45) is 0 Å². The number of aliphatic hydroxyl groups excluding tert-OH is 7. The molecule has 0 unspecified atom stereocenters. The highest BCUT2D eigenvalue weighted by atomic mass is 16.7. The average molecular weight is 773 g/mol. The van der Waals surface area contributed by atoms with E-state index in [1.807, 2.05) is 0 Å². The summed E-state index contributed by atoms with van der Waals surface area (Å²) in [5, 5.41) is 112. The number of phenols is 4. The topological polar surface area (TPSA) is 316 Å². The lowest BCUT2D eigenvalue weighted by Crippen LogP contribution is -2.60. The number of hydrogen-bond donors (Lipinski definition) is 11. The number of aromatic hydroxyl groups is 4. The van der Waals surface area contributed by atoms with Gasteiger partial charge in [0.25, 0.3) is 0 Å². The summed E-state index contributed by atoms with van der Waals surface area (Å²) in [4.78, 5) is 26.4. The van der Waals surface area contributed by atoms with Crippen molar-refractivity contribution in [2.75, 3.05) is 13.2 Å². The Labute approximate surface area is 308 Å². The zero-order valence-electron chi connectivity index (χ0n) is 28.2. The van der Waals surface area contributed by atoms with Crippen LogP contribution in [0.25, 0.3) is 28.4 Å². The van der Waals surface area contributed by atoms with E-state index in [0.717, 1.165) is 30.3 Å². The fourth-order valence-electron chi connectivity index (χ4n) is 5.82. The third-order valence-electron chi connectivity index (χ3n) is 8.84. The first-order chi connectivity index (χ1) is 26.2. The van der Waals surface area contributed by atoms with Crippen molar-refractivity contribution in [1.82, 2.24) is 0 Å². The quantitative estimate of drug-likeness (QED) is 0.0518. The zero-order chi connectivity index (χ0) is 39.7. The van der Waals surface area contributed by atoms with Crippen molar-refractivity contribution in [3.8, 4) is 45.8 Å². The van der Waals surface area contributed by atoms with Gasteiger partial charge < -0.3 is 84.3 Å². The second-order valence-corrected chi connectivity index (χ2v) is 12.6. The second-order valence-electron chi connectivity index (χ2n) is 12.6. The number of ether oxygens (including phenoxy) is 5. The summed E-state index contributed by atoms with van der Waals surface area (Å²) in [6, 6.07) is 11.0. The summed E-state index contributed by atoms with van der Waals surface area (Å²) in [6.07, 6.45) is -15.2. The molecule has 294 valence electrons. The molecule has 3 aromatic carbocycles. The van der Waals surface area contributed by atoms with E-state index in [9.17, 15) is 65.8 Å². The van der Waals surface area contributed by atoms with E-state index in [2.05, 4.69) is 0 Å². The lowest BCUT2D eigenvalue weighted by molar-refractivity contribution is -0.278. The molecular formula is C36H36O19. The van der Waals surface area contributed by atoms with Gasteiger partial charge >= 0.3 is 5.97 Å². The first-order valence-corrected chi connectivity index (χ1v) is 16.5. The average Bonchev–Trinajstić information content (AvgIpc) is 3.16. The van der Waals surface area contributed by atoms with Crippen LogP contribution in [-0.2, 0) is 19.0 Å². The van der Waals surface area contributed by atoms with Gasteiger partial charge in [-0.2, -0.15) is 0 Å². The summed E-state index contributed by atoms with van der Waals surface area (Å²) < 4.78 is 33.4. The largest absolute Gasteiger partial charge is 0.508 e. The summed E-state index contributed by atoms with van der Waals surface area (Å²) in [5.41, 5.74) is -1.07. The van der Waals surface area contributed by atoms with Crippen molar-refractivity contribution >= 4 is 23.0 Å². The SMILES string of the molecule is O=C(C=Cc1ccc(O)cc1)OC[C@@H]1O[C@H](Oc2c(-c3ccc(O)c(O)c3)oc3cc(O[C@@H]4O[C@H](CO)[C@H](O)[C@@H](O)[C@@H]4O)cc(O)c3c2=O)[C@@H](O)[C@H](O)[C@H]1O. The predicted molar refractivity (Wildman–Crippen MR) is 183 cm³/mol. The van der Waals surface area contributed by atoms with Crippen LogP contribution >= 0.6 is 0 Å². The lowest BCUT2D eigenvalue weighted by atomic mass is 9.99. The summed E-state index contributed by atoms with van der Waals surface area (Å²) in [6.45, 7) is -1.43. The van der Waals surface area contributed by atoms with Crippen LogP contribution in [0.3, 0.4) is 0 Å². The van der Waals surface area contributed by atoms with Crippen LogP contribution < -0.4 is 14.9 Å². The minimum Gasteiger partial charge on any atom is -0.508 e. The molecule has 1 aromatic heterocycles. The second kappa shape index (κ2) is 16.1. The molecule has 0 amide bonds. The van der Waals surface area contributed by atoms with Crippen LogP contribution in [0.5, 0.6) is 34.5 Å². The van der Waals surface area contributed by atoms with Crippen LogP contribution in [0.15, 0.2) is 69.9 Å². The van der Waals surface area contributed by atoms with Gasteiger partial charge in [-0.05, 0) is 42.0 Å². The first-order valence-electron chi connectivity index (χ1n) is 16.5. The minimum absolute atomic E-state index is 0.0149. The van der Waals surface area contributed by atoms with Gasteiger partial charge in [-0.25, -0.2) is 4.79 Å². The van der Waals surface area contributed by atoms with Crippen molar-refractivity contribution in [3.05, 3.63) is 76.5 Å². The molecule has 6 rings (SSSR count). The Balaban J connectivity index is 1.31. The van der Waals surface area contributed by atoms with Gasteiger partial charge in [-0.1, -0.05) is 12.1 Å². The Kier molecular flexibility index (Phi) is 11.5. The highest BCUT2D eigenvalue weighted by molar-refractivity contribution is 5.89. The molecule has 11 N–H and O–H groups in total. The predicted octanol–water partition coefficient (Wildman–Crippen LogP) is -1.10. The number of esters is 1. The van der Waals surface area contributed by atoms with Gasteiger partial charge in [-0.3, -0.25) is 4.79 Å². The fourth-order valence-corrected chi connectivity index (χ4v) is 5.82. The van der Waals surface area contributed by atoms with Gasteiger partial charge in [0.15, 0.2) is 17.3 Å². The Morgan fingerprint density at radius 1 is 0.709 bits per heavy atom. The van der Waals surface area contributed by atoms with E-state index in [-0.39, 0.29) is 17.1 Å². The van der Waals surface area contributed by atoms with Crippen LogP contribution in [0, 0.1) is 0 Å². The number of benzene rings is 3. The van der Waals surface area contributed by atoms with Crippen LogP contribution in [0.2, 0.25) is 0 Å². The summed E-state index contributed by atoms with van der Waals surface area (Å²) in [5.74, 6) is -4.45. The molecule has 2 fully saturated rings. The fraction of sp³-hybridized carbons (Fsp3) is 0.333. The summed E-state index contributed by atoms with van der Waals surface area (Å²) in [7, 11) is 0. The Morgan fingerprint density at radius 2 is 1.35 bits per heavy atom. The number of carbonyl (C=O) groups is 1. The van der Waals surface area contributed by atoms with Crippen molar-refractivity contribution in [3.63, 3.8) is 0 Å². The monoisotopic (exact) mass is 772 g/mol. The van der Waals surface area contributed by atoms with Crippen LogP contribution in [0.1, 0.15) is 5.56 Å². The molecule has 2 saturated heterocycles.